The minimum Gasteiger partial charge on any atom is -0.388 e. The number of aromatic nitrogens is 3. The van der Waals surface area contributed by atoms with Crippen molar-refractivity contribution in [1.29, 1.82) is 0 Å². The van der Waals surface area contributed by atoms with Crippen molar-refractivity contribution in [2.45, 2.75) is 49.8 Å². The van der Waals surface area contributed by atoms with Crippen LogP contribution in [0.5, 0.6) is 0 Å². The number of ether oxygens (including phenoxy) is 3. The van der Waals surface area contributed by atoms with Gasteiger partial charge in [0.2, 0.25) is 0 Å². The van der Waals surface area contributed by atoms with Gasteiger partial charge in [0.25, 0.3) is 0 Å². The second-order valence-electron chi connectivity index (χ2n) is 8.43. The highest BCUT2D eigenvalue weighted by molar-refractivity contribution is 9.10. The van der Waals surface area contributed by atoms with E-state index >= 15 is 0 Å². The number of hydrogen-bond donors (Lipinski definition) is 2. The minimum absolute atomic E-state index is 0.00215. The first-order chi connectivity index (χ1) is 16.6. The summed E-state index contributed by atoms with van der Waals surface area (Å²) in [5.41, 5.74) is 5.99. The number of aliphatic hydroxyl groups excluding tert-OH is 1. The van der Waals surface area contributed by atoms with Gasteiger partial charge in [0, 0.05) is 10.0 Å². The van der Waals surface area contributed by atoms with Gasteiger partial charge in [-0.05, 0) is 25.1 Å². The standard InChI is InChI=1S/C23H22BrF3N4O4/c1-11-29-21(31(30-11)15-9-13(24)7-8-14(15)23(25,26)27)20-18(32)17(28)19-16(34-20)10-33-22(35-19)12-5-3-2-4-6-12/h2-9,16-20,22,32H,10,28H2,1H3/t16?,17-,18?,19+,20-,22?/m1/s1. The Morgan fingerprint density at radius 1 is 1.14 bits per heavy atom. The summed E-state index contributed by atoms with van der Waals surface area (Å²) >= 11 is 3.22. The van der Waals surface area contributed by atoms with Crippen LogP contribution in [0.2, 0.25) is 0 Å². The lowest BCUT2D eigenvalue weighted by Gasteiger charge is -2.46. The summed E-state index contributed by atoms with van der Waals surface area (Å²) in [4.78, 5) is 4.30. The largest absolute Gasteiger partial charge is 0.418 e. The normalized spacial score (nSPS) is 29.1. The molecule has 8 nitrogen and oxygen atoms in total. The summed E-state index contributed by atoms with van der Waals surface area (Å²) in [5.74, 6) is 0.206. The van der Waals surface area contributed by atoms with Gasteiger partial charge in [-0.15, -0.1) is 0 Å². The number of halogens is 4. The van der Waals surface area contributed by atoms with E-state index in [-0.39, 0.29) is 23.9 Å². The van der Waals surface area contributed by atoms with Gasteiger partial charge >= 0.3 is 6.18 Å². The van der Waals surface area contributed by atoms with Crippen LogP contribution in [0.15, 0.2) is 53.0 Å². The Kier molecular flexibility index (Phi) is 6.45. The summed E-state index contributed by atoms with van der Waals surface area (Å²) in [5, 5.41) is 15.2. The van der Waals surface area contributed by atoms with Crippen molar-refractivity contribution in [2.75, 3.05) is 6.61 Å². The second kappa shape index (κ2) is 9.26. The van der Waals surface area contributed by atoms with E-state index in [0.717, 1.165) is 16.3 Å². The first-order valence-corrected chi connectivity index (χ1v) is 11.6. The molecule has 3 unspecified atom stereocenters. The van der Waals surface area contributed by atoms with Crippen LogP contribution in [-0.4, -0.2) is 50.8 Å². The van der Waals surface area contributed by atoms with Crippen LogP contribution in [0.25, 0.3) is 5.69 Å². The minimum atomic E-state index is -4.64. The van der Waals surface area contributed by atoms with Crippen LogP contribution < -0.4 is 5.73 Å². The third-order valence-electron chi connectivity index (χ3n) is 6.02. The molecular formula is C23H22BrF3N4O4. The highest BCUT2D eigenvalue weighted by atomic mass is 79.9. The molecule has 2 saturated heterocycles. The van der Waals surface area contributed by atoms with Crippen LogP contribution in [0.4, 0.5) is 13.2 Å². The van der Waals surface area contributed by atoms with E-state index in [1.165, 1.54) is 12.1 Å². The van der Waals surface area contributed by atoms with Crippen molar-refractivity contribution in [3.63, 3.8) is 0 Å². The van der Waals surface area contributed by atoms with Crippen LogP contribution in [0.3, 0.4) is 0 Å². The van der Waals surface area contributed by atoms with E-state index < -0.39 is 48.5 Å². The van der Waals surface area contributed by atoms with Gasteiger partial charge in [0.05, 0.1) is 23.9 Å². The number of aliphatic hydroxyl groups is 1. The molecule has 2 aliphatic heterocycles. The third kappa shape index (κ3) is 4.61. The fraction of sp³-hybridized carbons (Fsp3) is 0.391. The number of nitrogens with two attached hydrogens (primary N) is 1. The monoisotopic (exact) mass is 554 g/mol. The van der Waals surface area contributed by atoms with Crippen molar-refractivity contribution < 1.29 is 32.5 Å². The van der Waals surface area contributed by atoms with Crippen LogP contribution >= 0.6 is 15.9 Å². The Labute approximate surface area is 206 Å². The summed E-state index contributed by atoms with van der Waals surface area (Å²) in [7, 11) is 0. The molecule has 2 aliphatic rings. The van der Waals surface area contributed by atoms with E-state index in [0.29, 0.717) is 4.47 Å². The Hall–Kier alpha value is -2.35. The number of hydrogen-bond acceptors (Lipinski definition) is 7. The quantitative estimate of drug-likeness (QED) is 0.509. The molecule has 0 saturated carbocycles. The average molecular weight is 555 g/mol. The first-order valence-electron chi connectivity index (χ1n) is 10.9. The lowest BCUT2D eigenvalue weighted by Crippen LogP contribution is -2.62. The van der Waals surface area contributed by atoms with Gasteiger partial charge in [-0.25, -0.2) is 9.67 Å². The molecular weight excluding hydrogens is 533 g/mol. The molecule has 0 bridgehead atoms. The molecule has 0 amide bonds. The van der Waals surface area contributed by atoms with Gasteiger partial charge in [-0.2, -0.15) is 18.3 Å². The number of benzene rings is 2. The SMILES string of the molecule is Cc1nc([C@@H]2OC3COC(c4ccccc4)O[C@@H]3[C@H](N)C2O)n(-c2cc(Br)ccc2C(F)(F)F)n1. The number of nitrogens with zero attached hydrogens (tertiary/aromatic N) is 3. The Morgan fingerprint density at radius 3 is 2.60 bits per heavy atom. The molecule has 2 aromatic carbocycles. The first kappa shape index (κ1) is 24.3. The van der Waals surface area contributed by atoms with Gasteiger partial charge < -0.3 is 25.1 Å². The molecule has 1 aromatic heterocycles. The number of rotatable bonds is 3. The topological polar surface area (TPSA) is 105 Å². The Balaban J connectivity index is 1.47. The molecule has 6 atom stereocenters. The van der Waals surface area contributed by atoms with Gasteiger partial charge in [-0.1, -0.05) is 46.3 Å². The zero-order valence-electron chi connectivity index (χ0n) is 18.4. The third-order valence-corrected chi connectivity index (χ3v) is 6.52. The molecule has 2 fully saturated rings. The van der Waals surface area contributed by atoms with Crippen molar-refractivity contribution in [3.05, 3.63) is 75.8 Å². The van der Waals surface area contributed by atoms with Crippen LogP contribution in [-0.2, 0) is 20.4 Å². The van der Waals surface area contributed by atoms with Crippen molar-refractivity contribution in [2.24, 2.45) is 5.73 Å². The van der Waals surface area contributed by atoms with E-state index in [2.05, 4.69) is 26.0 Å². The fourth-order valence-electron chi connectivity index (χ4n) is 4.38. The maximum absolute atomic E-state index is 13.8. The molecule has 0 aliphatic carbocycles. The Morgan fingerprint density at radius 2 is 1.89 bits per heavy atom. The zero-order chi connectivity index (χ0) is 24.9. The Bertz CT molecular complexity index is 1210. The highest BCUT2D eigenvalue weighted by Crippen LogP contribution is 2.40. The van der Waals surface area contributed by atoms with E-state index in [1.807, 2.05) is 30.3 Å². The summed E-state index contributed by atoms with van der Waals surface area (Å²) in [6.07, 6.45) is -9.18. The van der Waals surface area contributed by atoms with E-state index in [1.54, 1.807) is 6.92 Å². The number of alkyl halides is 3. The number of aryl methyl sites for hydroxylation is 1. The molecule has 12 heteroatoms. The lowest BCUT2D eigenvalue weighted by molar-refractivity contribution is -0.309. The van der Waals surface area contributed by atoms with E-state index in [9.17, 15) is 18.3 Å². The van der Waals surface area contributed by atoms with Crippen molar-refractivity contribution in [3.8, 4) is 5.69 Å². The predicted molar refractivity (Wildman–Crippen MR) is 120 cm³/mol. The molecule has 0 spiro atoms. The zero-order valence-corrected chi connectivity index (χ0v) is 20.0. The fourth-order valence-corrected chi connectivity index (χ4v) is 4.73. The van der Waals surface area contributed by atoms with Crippen molar-refractivity contribution >= 4 is 15.9 Å². The summed E-state index contributed by atoms with van der Waals surface area (Å²) < 4.78 is 60.7. The molecule has 5 rings (SSSR count). The van der Waals surface area contributed by atoms with Gasteiger partial charge in [0.1, 0.15) is 30.2 Å². The average Bonchev–Trinajstić information content (AvgIpc) is 3.22. The van der Waals surface area contributed by atoms with Crippen molar-refractivity contribution in [1.82, 2.24) is 14.8 Å². The summed E-state index contributed by atoms with van der Waals surface area (Å²) in [6, 6.07) is 11.9. The van der Waals surface area contributed by atoms with Crippen LogP contribution in [0.1, 0.15) is 35.2 Å². The molecule has 3 aromatic rings. The van der Waals surface area contributed by atoms with Crippen LogP contribution in [0, 0.1) is 6.92 Å². The molecule has 0 radical (unpaired) electrons. The number of fused-ring (bicyclic) bond motifs is 1. The molecule has 186 valence electrons. The molecule has 35 heavy (non-hydrogen) atoms. The smallest absolute Gasteiger partial charge is 0.388 e. The van der Waals surface area contributed by atoms with Gasteiger partial charge in [0.15, 0.2) is 12.1 Å². The lowest BCUT2D eigenvalue weighted by atomic mass is 9.92. The molecule has 3 N–H and O–H groups in total. The van der Waals surface area contributed by atoms with E-state index in [4.69, 9.17) is 19.9 Å². The highest BCUT2D eigenvalue weighted by Gasteiger charge is 2.50. The summed E-state index contributed by atoms with van der Waals surface area (Å²) in [6.45, 7) is 1.65. The maximum Gasteiger partial charge on any atom is 0.418 e. The second-order valence-corrected chi connectivity index (χ2v) is 9.34. The maximum atomic E-state index is 13.8. The molecule has 3 heterocycles. The van der Waals surface area contributed by atoms with Gasteiger partial charge in [-0.3, -0.25) is 0 Å². The predicted octanol–water partition coefficient (Wildman–Crippen LogP) is 3.60.